The van der Waals surface area contributed by atoms with Gasteiger partial charge in [-0.3, -0.25) is 4.79 Å². The number of carbonyl (C=O) groups is 2. The van der Waals surface area contributed by atoms with E-state index in [1.54, 1.807) is 6.07 Å². The van der Waals surface area contributed by atoms with Gasteiger partial charge in [0.1, 0.15) is 5.60 Å². The monoisotopic (exact) mass is 319 g/mol. The topological polar surface area (TPSA) is 64.6 Å². The molecule has 2 heterocycles. The molecule has 122 valence electrons. The van der Waals surface area contributed by atoms with Crippen molar-refractivity contribution in [3.8, 4) is 5.75 Å². The summed E-state index contributed by atoms with van der Waals surface area (Å²) in [5.41, 5.74) is 0.0584. The van der Waals surface area contributed by atoms with E-state index in [2.05, 4.69) is 10.1 Å². The summed E-state index contributed by atoms with van der Waals surface area (Å²) in [6, 6.07) is 2.81. The second-order valence-electron chi connectivity index (χ2n) is 5.87. The summed E-state index contributed by atoms with van der Waals surface area (Å²) in [5, 5.41) is 3.21. The number of piperidine rings is 1. The number of nitrogens with one attached hydrogen (secondary N) is 1. The molecule has 5 nitrogen and oxygen atoms in total. The number of hydrogen-bond acceptors (Lipinski definition) is 5. The molecule has 0 unspecified atom stereocenters. The fourth-order valence-electron chi connectivity index (χ4n) is 3.06. The Labute approximate surface area is 133 Å². The van der Waals surface area contributed by atoms with Crippen LogP contribution in [0.15, 0.2) is 18.2 Å². The average Bonchev–Trinajstić information content (AvgIpc) is 2.54. The van der Waals surface area contributed by atoms with Crippen molar-refractivity contribution in [2.24, 2.45) is 0 Å². The molecule has 6 heteroatoms. The summed E-state index contributed by atoms with van der Waals surface area (Å²) in [5.74, 6) is -1.23. The molecule has 0 saturated carbocycles. The predicted molar refractivity (Wildman–Crippen MR) is 81.9 cm³/mol. The van der Waals surface area contributed by atoms with Crippen LogP contribution in [0.5, 0.6) is 5.75 Å². The molecule has 1 aromatic carbocycles. The number of hydrogen-bond donors (Lipinski definition) is 1. The fraction of sp³-hybridized carbons (Fsp3) is 0.412. The Hall–Kier alpha value is -2.21. The Balaban J connectivity index is 1.93. The molecule has 1 spiro atoms. The molecule has 0 aromatic heterocycles. The Morgan fingerprint density at radius 3 is 2.83 bits per heavy atom. The second kappa shape index (κ2) is 6.12. The first kappa shape index (κ1) is 15.7. The Morgan fingerprint density at radius 2 is 2.13 bits per heavy atom. The molecule has 0 radical (unpaired) electrons. The summed E-state index contributed by atoms with van der Waals surface area (Å²) in [6.07, 6.45) is 4.22. The highest BCUT2D eigenvalue weighted by Gasteiger charge is 2.42. The van der Waals surface area contributed by atoms with Gasteiger partial charge in [0.15, 0.2) is 17.3 Å². The van der Waals surface area contributed by atoms with Gasteiger partial charge in [0.2, 0.25) is 0 Å². The number of Topliss-reactive ketones (excluding diaryl/α,β-unsaturated/α-hetero) is 1. The van der Waals surface area contributed by atoms with Crippen molar-refractivity contribution >= 4 is 17.8 Å². The zero-order chi connectivity index (χ0) is 16.4. The van der Waals surface area contributed by atoms with Crippen molar-refractivity contribution < 1.29 is 23.5 Å². The maximum absolute atomic E-state index is 14.4. The van der Waals surface area contributed by atoms with Crippen molar-refractivity contribution in [3.63, 3.8) is 0 Å². The van der Waals surface area contributed by atoms with E-state index in [0.717, 1.165) is 13.1 Å². The third-order valence-electron chi connectivity index (χ3n) is 4.30. The third-order valence-corrected chi connectivity index (χ3v) is 4.30. The summed E-state index contributed by atoms with van der Waals surface area (Å²) >= 11 is 0. The van der Waals surface area contributed by atoms with Gasteiger partial charge in [-0.15, -0.1) is 0 Å². The van der Waals surface area contributed by atoms with Gasteiger partial charge >= 0.3 is 5.97 Å². The van der Waals surface area contributed by atoms with Crippen LogP contribution < -0.4 is 10.1 Å². The lowest BCUT2D eigenvalue weighted by Crippen LogP contribution is -2.49. The van der Waals surface area contributed by atoms with E-state index < -0.39 is 17.4 Å². The first-order valence-electron chi connectivity index (χ1n) is 7.55. The molecule has 23 heavy (non-hydrogen) atoms. The van der Waals surface area contributed by atoms with E-state index >= 15 is 0 Å². The average molecular weight is 319 g/mol. The molecule has 3 rings (SSSR count). The minimum absolute atomic E-state index is 0.0263. The maximum Gasteiger partial charge on any atom is 0.330 e. The number of esters is 1. The number of ether oxygens (including phenoxy) is 2. The van der Waals surface area contributed by atoms with Gasteiger partial charge in [0.25, 0.3) is 0 Å². The van der Waals surface area contributed by atoms with E-state index in [1.807, 2.05) is 0 Å². The van der Waals surface area contributed by atoms with Crippen LogP contribution in [0.4, 0.5) is 4.39 Å². The van der Waals surface area contributed by atoms with Crippen LogP contribution in [0.3, 0.4) is 0 Å². The highest BCUT2D eigenvalue weighted by molar-refractivity contribution is 6.01. The minimum atomic E-state index is -0.598. The van der Waals surface area contributed by atoms with Gasteiger partial charge in [-0.05, 0) is 36.9 Å². The Bertz CT molecular complexity index is 677. The molecule has 1 fully saturated rings. The van der Waals surface area contributed by atoms with Gasteiger partial charge in [-0.1, -0.05) is 0 Å². The number of halogens is 1. The van der Waals surface area contributed by atoms with Gasteiger partial charge in [0.05, 0.1) is 19.1 Å². The zero-order valence-corrected chi connectivity index (χ0v) is 12.9. The van der Waals surface area contributed by atoms with Crippen LogP contribution in [0.1, 0.15) is 35.2 Å². The summed E-state index contributed by atoms with van der Waals surface area (Å²) < 4.78 is 24.8. The summed E-state index contributed by atoms with van der Waals surface area (Å²) in [4.78, 5) is 23.6. The molecule has 2 aliphatic rings. The van der Waals surface area contributed by atoms with Crippen LogP contribution >= 0.6 is 0 Å². The lowest BCUT2D eigenvalue weighted by molar-refractivity contribution is -0.134. The molecular weight excluding hydrogens is 301 g/mol. The second-order valence-corrected chi connectivity index (χ2v) is 5.87. The third kappa shape index (κ3) is 3.12. The van der Waals surface area contributed by atoms with E-state index in [1.165, 1.54) is 25.3 Å². The van der Waals surface area contributed by atoms with E-state index in [0.29, 0.717) is 18.4 Å². The number of benzene rings is 1. The Kier molecular flexibility index (Phi) is 4.17. The largest absolute Gasteiger partial charge is 0.483 e. The molecule has 2 aliphatic heterocycles. The highest BCUT2D eigenvalue weighted by atomic mass is 19.1. The quantitative estimate of drug-likeness (QED) is 0.668. The number of methoxy groups -OCH3 is 1. The first-order valence-corrected chi connectivity index (χ1v) is 7.55. The van der Waals surface area contributed by atoms with Crippen molar-refractivity contribution in [3.05, 3.63) is 35.2 Å². The SMILES string of the molecule is COC(=O)/C=C/c1cc(F)c2c(c1)C(=O)CC1(CCNCC1)O2. The summed E-state index contributed by atoms with van der Waals surface area (Å²) in [6.45, 7) is 1.51. The van der Waals surface area contributed by atoms with Crippen molar-refractivity contribution in [1.29, 1.82) is 0 Å². The lowest BCUT2D eigenvalue weighted by atomic mass is 9.82. The van der Waals surface area contributed by atoms with Gasteiger partial charge in [-0.2, -0.15) is 0 Å². The van der Waals surface area contributed by atoms with Gasteiger partial charge in [0, 0.05) is 18.9 Å². The predicted octanol–water partition coefficient (Wildman–Crippen LogP) is 2.10. The number of rotatable bonds is 2. The van der Waals surface area contributed by atoms with Gasteiger partial charge < -0.3 is 14.8 Å². The molecular formula is C17H18FNO4. The van der Waals surface area contributed by atoms with E-state index in [-0.39, 0.29) is 23.5 Å². The van der Waals surface area contributed by atoms with E-state index in [9.17, 15) is 14.0 Å². The fourth-order valence-corrected chi connectivity index (χ4v) is 3.06. The molecule has 0 bridgehead atoms. The molecule has 0 aliphatic carbocycles. The van der Waals surface area contributed by atoms with Crippen molar-refractivity contribution in [2.45, 2.75) is 24.9 Å². The molecule has 1 aromatic rings. The van der Waals surface area contributed by atoms with Crippen LogP contribution in [0.2, 0.25) is 0 Å². The molecule has 0 amide bonds. The molecule has 0 atom stereocenters. The Morgan fingerprint density at radius 1 is 1.39 bits per heavy atom. The number of ketones is 1. The van der Waals surface area contributed by atoms with E-state index in [4.69, 9.17) is 4.74 Å². The van der Waals surface area contributed by atoms with Gasteiger partial charge in [-0.25, -0.2) is 9.18 Å². The van der Waals surface area contributed by atoms with Crippen LogP contribution in [0.25, 0.3) is 6.08 Å². The van der Waals surface area contributed by atoms with Crippen LogP contribution in [-0.2, 0) is 9.53 Å². The number of fused-ring (bicyclic) bond motifs is 1. The lowest BCUT2D eigenvalue weighted by Gasteiger charge is -2.41. The molecule has 1 saturated heterocycles. The minimum Gasteiger partial charge on any atom is -0.483 e. The number of carbonyl (C=O) groups excluding carboxylic acids is 2. The summed E-state index contributed by atoms with van der Waals surface area (Å²) in [7, 11) is 1.26. The normalized spacial score (nSPS) is 19.5. The zero-order valence-electron chi connectivity index (χ0n) is 12.9. The smallest absolute Gasteiger partial charge is 0.330 e. The highest BCUT2D eigenvalue weighted by Crippen LogP contribution is 2.40. The van der Waals surface area contributed by atoms with Crippen LogP contribution in [-0.4, -0.2) is 37.6 Å². The standard InChI is InChI=1S/C17H18FNO4/c1-22-15(21)3-2-11-8-12-14(20)10-17(4-6-19-7-5-17)23-16(12)13(18)9-11/h2-3,8-9,19H,4-7,10H2,1H3/b3-2+. The van der Waals surface area contributed by atoms with Crippen LogP contribution in [0, 0.1) is 5.82 Å². The van der Waals surface area contributed by atoms with Crippen molar-refractivity contribution in [2.75, 3.05) is 20.2 Å². The van der Waals surface area contributed by atoms with Crippen molar-refractivity contribution in [1.82, 2.24) is 5.32 Å². The molecule has 1 N–H and O–H groups in total. The maximum atomic E-state index is 14.4. The first-order chi connectivity index (χ1) is 11.0.